The fraction of sp³-hybridized carbons (Fsp3) is 0.167. The Labute approximate surface area is 132 Å². The molecule has 5 heteroatoms. The zero-order valence-electron chi connectivity index (χ0n) is 12.5. The van der Waals surface area contributed by atoms with Crippen molar-refractivity contribution in [1.29, 1.82) is 0 Å². The summed E-state index contributed by atoms with van der Waals surface area (Å²) in [5, 5.41) is 0.711. The number of carbonyl (C=O) groups excluding carboxylic acids is 1. The molecule has 2 aromatic carbocycles. The summed E-state index contributed by atoms with van der Waals surface area (Å²) in [6.07, 6.45) is 0. The lowest BCUT2D eigenvalue weighted by Gasteiger charge is -2.06. The minimum Gasteiger partial charge on any atom is -0.482 e. The SMILES string of the molecule is CCOC(=O)COc1ccc(-c2cc3cc(F)ccc3o2)cc1. The Morgan fingerprint density at radius 2 is 1.91 bits per heavy atom. The van der Waals surface area contributed by atoms with E-state index in [-0.39, 0.29) is 12.4 Å². The van der Waals surface area contributed by atoms with Gasteiger partial charge in [0.05, 0.1) is 6.61 Å². The van der Waals surface area contributed by atoms with Crippen LogP contribution in [0.15, 0.2) is 52.9 Å². The number of benzene rings is 2. The number of ether oxygens (including phenoxy) is 2. The summed E-state index contributed by atoms with van der Waals surface area (Å²) in [4.78, 5) is 11.2. The Kier molecular flexibility index (Phi) is 4.28. The molecule has 0 aliphatic carbocycles. The third-order valence-corrected chi connectivity index (χ3v) is 3.28. The molecule has 0 bridgehead atoms. The maximum Gasteiger partial charge on any atom is 0.344 e. The second-order valence-corrected chi connectivity index (χ2v) is 4.91. The van der Waals surface area contributed by atoms with Crippen LogP contribution in [0.3, 0.4) is 0 Å². The number of hydrogen-bond donors (Lipinski definition) is 0. The molecule has 3 aromatic rings. The molecule has 1 aromatic heterocycles. The Hall–Kier alpha value is -2.82. The fourth-order valence-electron chi connectivity index (χ4n) is 2.22. The molecule has 4 nitrogen and oxygen atoms in total. The molecule has 23 heavy (non-hydrogen) atoms. The molecule has 0 saturated heterocycles. The number of carbonyl (C=O) groups is 1. The van der Waals surface area contributed by atoms with Crippen molar-refractivity contribution in [1.82, 2.24) is 0 Å². The first-order valence-corrected chi connectivity index (χ1v) is 7.23. The van der Waals surface area contributed by atoms with Gasteiger partial charge in [0.2, 0.25) is 0 Å². The molecule has 0 aliphatic heterocycles. The van der Waals surface area contributed by atoms with Crippen LogP contribution in [0.4, 0.5) is 4.39 Å². The topological polar surface area (TPSA) is 48.7 Å². The summed E-state index contributed by atoms with van der Waals surface area (Å²) in [6.45, 7) is 1.94. The number of furan rings is 1. The molecule has 0 fully saturated rings. The number of rotatable bonds is 5. The van der Waals surface area contributed by atoms with Gasteiger partial charge < -0.3 is 13.9 Å². The highest BCUT2D eigenvalue weighted by Gasteiger charge is 2.08. The lowest BCUT2D eigenvalue weighted by atomic mass is 10.1. The predicted octanol–water partition coefficient (Wildman–Crippen LogP) is 4.18. The van der Waals surface area contributed by atoms with Gasteiger partial charge in [-0.25, -0.2) is 9.18 Å². The van der Waals surface area contributed by atoms with Crippen LogP contribution in [0.5, 0.6) is 5.75 Å². The van der Waals surface area contributed by atoms with Gasteiger partial charge in [-0.2, -0.15) is 0 Å². The maximum absolute atomic E-state index is 13.2. The zero-order chi connectivity index (χ0) is 16.2. The quantitative estimate of drug-likeness (QED) is 0.663. The Bertz CT molecular complexity index is 821. The van der Waals surface area contributed by atoms with Crippen LogP contribution in [0.25, 0.3) is 22.3 Å². The van der Waals surface area contributed by atoms with E-state index in [1.54, 1.807) is 31.2 Å². The van der Waals surface area contributed by atoms with Crippen molar-refractivity contribution in [2.24, 2.45) is 0 Å². The third-order valence-electron chi connectivity index (χ3n) is 3.28. The monoisotopic (exact) mass is 314 g/mol. The van der Waals surface area contributed by atoms with Crippen LogP contribution in [0.2, 0.25) is 0 Å². The summed E-state index contributed by atoms with van der Waals surface area (Å²) in [6, 6.07) is 13.3. The molecule has 0 N–H and O–H groups in total. The molecule has 0 unspecified atom stereocenters. The van der Waals surface area contributed by atoms with E-state index in [4.69, 9.17) is 13.9 Å². The molecule has 0 aliphatic rings. The van der Waals surface area contributed by atoms with Crippen LogP contribution in [-0.2, 0) is 9.53 Å². The highest BCUT2D eigenvalue weighted by molar-refractivity contribution is 5.82. The molecule has 1 heterocycles. The first kappa shape index (κ1) is 15.1. The molecule has 0 amide bonds. The summed E-state index contributed by atoms with van der Waals surface area (Å²) < 4.78 is 29.0. The smallest absolute Gasteiger partial charge is 0.344 e. The van der Waals surface area contributed by atoms with Crippen LogP contribution in [0, 0.1) is 5.82 Å². The van der Waals surface area contributed by atoms with E-state index >= 15 is 0 Å². The summed E-state index contributed by atoms with van der Waals surface area (Å²) in [5.74, 6) is 0.495. The van der Waals surface area contributed by atoms with E-state index in [2.05, 4.69) is 0 Å². The number of esters is 1. The van der Waals surface area contributed by atoms with Gasteiger partial charge in [-0.3, -0.25) is 0 Å². The van der Waals surface area contributed by atoms with Crippen molar-refractivity contribution in [3.63, 3.8) is 0 Å². The summed E-state index contributed by atoms with van der Waals surface area (Å²) in [5.41, 5.74) is 1.47. The van der Waals surface area contributed by atoms with Gasteiger partial charge in [0, 0.05) is 10.9 Å². The average Bonchev–Trinajstić information content (AvgIpc) is 2.97. The van der Waals surface area contributed by atoms with Gasteiger partial charge in [0.15, 0.2) is 6.61 Å². The van der Waals surface area contributed by atoms with Crippen LogP contribution < -0.4 is 4.74 Å². The average molecular weight is 314 g/mol. The van der Waals surface area contributed by atoms with Gasteiger partial charge in [0.25, 0.3) is 0 Å². The highest BCUT2D eigenvalue weighted by atomic mass is 19.1. The minimum absolute atomic E-state index is 0.128. The largest absolute Gasteiger partial charge is 0.482 e. The van der Waals surface area contributed by atoms with Crippen molar-refractivity contribution in [3.8, 4) is 17.1 Å². The summed E-state index contributed by atoms with van der Waals surface area (Å²) in [7, 11) is 0. The zero-order valence-corrected chi connectivity index (χ0v) is 12.5. The lowest BCUT2D eigenvalue weighted by Crippen LogP contribution is -2.14. The van der Waals surface area contributed by atoms with Crippen molar-refractivity contribution in [3.05, 3.63) is 54.3 Å². The third kappa shape index (κ3) is 3.51. The van der Waals surface area contributed by atoms with E-state index in [1.165, 1.54) is 12.1 Å². The van der Waals surface area contributed by atoms with Gasteiger partial charge in [0.1, 0.15) is 22.9 Å². The molecule has 0 radical (unpaired) electrons. The first-order valence-electron chi connectivity index (χ1n) is 7.23. The normalized spacial score (nSPS) is 10.7. The molecular weight excluding hydrogens is 299 g/mol. The van der Waals surface area contributed by atoms with E-state index < -0.39 is 5.97 Å². The Balaban J connectivity index is 1.74. The van der Waals surface area contributed by atoms with E-state index in [1.807, 2.05) is 12.1 Å². The van der Waals surface area contributed by atoms with Crippen molar-refractivity contribution in [2.45, 2.75) is 6.92 Å². The molecule has 0 spiro atoms. The summed E-state index contributed by atoms with van der Waals surface area (Å²) >= 11 is 0. The molecule has 0 atom stereocenters. The van der Waals surface area contributed by atoms with Crippen molar-refractivity contribution in [2.75, 3.05) is 13.2 Å². The van der Waals surface area contributed by atoms with Crippen LogP contribution >= 0.6 is 0 Å². The highest BCUT2D eigenvalue weighted by Crippen LogP contribution is 2.29. The van der Waals surface area contributed by atoms with Gasteiger partial charge in [-0.1, -0.05) is 0 Å². The van der Waals surface area contributed by atoms with E-state index in [0.717, 1.165) is 5.56 Å². The molecule has 118 valence electrons. The second-order valence-electron chi connectivity index (χ2n) is 4.91. The Morgan fingerprint density at radius 1 is 1.13 bits per heavy atom. The van der Waals surface area contributed by atoms with E-state index in [0.29, 0.717) is 29.1 Å². The Morgan fingerprint density at radius 3 is 2.65 bits per heavy atom. The number of halogens is 1. The number of hydrogen-bond acceptors (Lipinski definition) is 4. The molecule has 0 saturated carbocycles. The van der Waals surface area contributed by atoms with Gasteiger partial charge in [-0.05, 0) is 55.5 Å². The fourth-order valence-corrected chi connectivity index (χ4v) is 2.22. The van der Waals surface area contributed by atoms with Crippen molar-refractivity contribution >= 4 is 16.9 Å². The van der Waals surface area contributed by atoms with Crippen LogP contribution in [0.1, 0.15) is 6.92 Å². The molecule has 3 rings (SSSR count). The van der Waals surface area contributed by atoms with Gasteiger partial charge in [-0.15, -0.1) is 0 Å². The van der Waals surface area contributed by atoms with Gasteiger partial charge >= 0.3 is 5.97 Å². The lowest BCUT2D eigenvalue weighted by molar-refractivity contribution is -0.145. The maximum atomic E-state index is 13.2. The van der Waals surface area contributed by atoms with Crippen LogP contribution in [-0.4, -0.2) is 19.2 Å². The predicted molar refractivity (Wildman–Crippen MR) is 83.7 cm³/mol. The second kappa shape index (κ2) is 6.52. The van der Waals surface area contributed by atoms with E-state index in [9.17, 15) is 9.18 Å². The minimum atomic E-state index is -0.407. The standard InChI is InChI=1S/C18H15FO4/c1-2-21-18(20)11-22-15-6-3-12(4-7-15)17-10-13-9-14(19)5-8-16(13)23-17/h3-10H,2,11H2,1H3. The van der Waals surface area contributed by atoms with Crippen molar-refractivity contribution < 1.29 is 23.1 Å². The first-order chi connectivity index (χ1) is 11.2. The number of fused-ring (bicyclic) bond motifs is 1. The molecular formula is C18H15FO4.